The molecule has 2 aromatic rings. The minimum atomic E-state index is -0.401. The van der Waals surface area contributed by atoms with Gasteiger partial charge in [-0.15, -0.1) is 0 Å². The Kier molecular flexibility index (Phi) is 3.43. The summed E-state index contributed by atoms with van der Waals surface area (Å²) in [7, 11) is 0. The molecule has 0 aliphatic heterocycles. The molecule has 1 heterocycles. The molecule has 0 aliphatic carbocycles. The summed E-state index contributed by atoms with van der Waals surface area (Å²) >= 11 is 0. The highest BCUT2D eigenvalue weighted by Crippen LogP contribution is 2.13. The fourth-order valence-electron chi connectivity index (χ4n) is 1.64. The lowest BCUT2D eigenvalue weighted by atomic mass is 10.0. The molecule has 96 valence electrons. The van der Waals surface area contributed by atoms with Crippen LogP contribution in [-0.2, 0) is 12.8 Å². The van der Waals surface area contributed by atoms with Crippen molar-refractivity contribution in [2.75, 3.05) is 0 Å². The first-order chi connectivity index (χ1) is 8.44. The lowest BCUT2D eigenvalue weighted by molar-refractivity contribution is 0.345. The van der Waals surface area contributed by atoms with Gasteiger partial charge in [0.25, 0.3) is 0 Å². The van der Waals surface area contributed by atoms with E-state index in [2.05, 4.69) is 10.1 Å². The quantitative estimate of drug-likeness (QED) is 0.901. The summed E-state index contributed by atoms with van der Waals surface area (Å²) in [5, 5.41) is 3.83. The Morgan fingerprint density at radius 2 is 2.06 bits per heavy atom. The number of rotatable bonds is 4. The van der Waals surface area contributed by atoms with Crippen molar-refractivity contribution in [3.8, 4) is 0 Å². The van der Waals surface area contributed by atoms with Crippen molar-refractivity contribution >= 4 is 0 Å². The normalized spacial score (nSPS) is 11.8. The van der Waals surface area contributed by atoms with Gasteiger partial charge in [-0.2, -0.15) is 4.98 Å². The minimum absolute atomic E-state index is 0.261. The van der Waals surface area contributed by atoms with E-state index in [0.29, 0.717) is 30.1 Å². The molecule has 1 aromatic heterocycles. The monoisotopic (exact) mass is 249 g/mol. The summed E-state index contributed by atoms with van der Waals surface area (Å²) in [4.78, 5) is 4.21. The molecule has 0 saturated carbocycles. The molecule has 4 nitrogen and oxygen atoms in total. The van der Waals surface area contributed by atoms with E-state index in [9.17, 15) is 4.39 Å². The number of aromatic nitrogens is 2. The van der Waals surface area contributed by atoms with Crippen LogP contribution < -0.4 is 5.73 Å². The Morgan fingerprint density at radius 1 is 1.33 bits per heavy atom. The van der Waals surface area contributed by atoms with E-state index in [1.54, 1.807) is 18.2 Å². The van der Waals surface area contributed by atoms with E-state index in [0.717, 1.165) is 0 Å². The largest absolute Gasteiger partial charge is 0.339 e. The van der Waals surface area contributed by atoms with Crippen LogP contribution in [0.5, 0.6) is 0 Å². The topological polar surface area (TPSA) is 64.9 Å². The number of hydrogen-bond donors (Lipinski definition) is 1. The summed E-state index contributed by atoms with van der Waals surface area (Å²) in [5.41, 5.74) is 6.02. The maximum atomic E-state index is 13.4. The second-order valence-electron chi connectivity index (χ2n) is 5.04. The van der Waals surface area contributed by atoms with E-state index >= 15 is 0 Å². The summed E-state index contributed by atoms with van der Waals surface area (Å²) in [5.74, 6) is 0.691. The van der Waals surface area contributed by atoms with Crippen molar-refractivity contribution in [1.29, 1.82) is 0 Å². The summed E-state index contributed by atoms with van der Waals surface area (Å²) < 4.78 is 18.5. The van der Waals surface area contributed by atoms with Crippen LogP contribution in [-0.4, -0.2) is 15.7 Å². The number of halogens is 1. The van der Waals surface area contributed by atoms with Gasteiger partial charge < -0.3 is 10.3 Å². The first kappa shape index (κ1) is 12.7. The minimum Gasteiger partial charge on any atom is -0.339 e. The van der Waals surface area contributed by atoms with Gasteiger partial charge in [0, 0.05) is 18.4 Å². The molecule has 0 aliphatic rings. The molecule has 2 N–H and O–H groups in total. The van der Waals surface area contributed by atoms with Gasteiger partial charge in [-0.05, 0) is 25.5 Å². The summed E-state index contributed by atoms with van der Waals surface area (Å²) in [6, 6.07) is 6.55. The summed E-state index contributed by atoms with van der Waals surface area (Å²) in [6.07, 6.45) is 0.818. The first-order valence-corrected chi connectivity index (χ1v) is 5.78. The van der Waals surface area contributed by atoms with Crippen molar-refractivity contribution in [2.24, 2.45) is 5.73 Å². The van der Waals surface area contributed by atoms with Crippen LogP contribution in [0, 0.1) is 5.82 Å². The molecule has 1 aromatic carbocycles. The molecule has 0 atom stereocenters. The fourth-order valence-corrected chi connectivity index (χ4v) is 1.64. The number of nitrogens with two attached hydrogens (primary N) is 1. The predicted molar refractivity (Wildman–Crippen MR) is 65.5 cm³/mol. The first-order valence-electron chi connectivity index (χ1n) is 5.78. The molecular formula is C13H16FN3O. The van der Waals surface area contributed by atoms with E-state index in [1.807, 2.05) is 13.8 Å². The van der Waals surface area contributed by atoms with Gasteiger partial charge in [-0.25, -0.2) is 4.39 Å². The van der Waals surface area contributed by atoms with Crippen LogP contribution in [0.4, 0.5) is 4.39 Å². The fraction of sp³-hybridized carbons (Fsp3) is 0.385. The molecule has 0 amide bonds. The molecule has 0 spiro atoms. The van der Waals surface area contributed by atoms with Gasteiger partial charge in [0.15, 0.2) is 5.82 Å². The molecule has 0 radical (unpaired) electrons. The van der Waals surface area contributed by atoms with Gasteiger partial charge >= 0.3 is 0 Å². The Labute approximate surface area is 105 Å². The Balaban J connectivity index is 2.10. The average Bonchev–Trinajstić information content (AvgIpc) is 2.66. The van der Waals surface area contributed by atoms with Crippen molar-refractivity contribution < 1.29 is 8.91 Å². The predicted octanol–water partition coefficient (Wildman–Crippen LogP) is 2.08. The molecular weight excluding hydrogens is 233 g/mol. The van der Waals surface area contributed by atoms with Crippen molar-refractivity contribution in [1.82, 2.24) is 10.1 Å². The van der Waals surface area contributed by atoms with E-state index in [-0.39, 0.29) is 5.82 Å². The highest BCUT2D eigenvalue weighted by atomic mass is 19.1. The Hall–Kier alpha value is -1.75. The van der Waals surface area contributed by atoms with E-state index in [1.165, 1.54) is 6.07 Å². The zero-order valence-corrected chi connectivity index (χ0v) is 10.5. The van der Waals surface area contributed by atoms with Gasteiger partial charge in [0.1, 0.15) is 5.82 Å². The van der Waals surface area contributed by atoms with E-state index < -0.39 is 5.54 Å². The van der Waals surface area contributed by atoms with Crippen LogP contribution in [0.25, 0.3) is 0 Å². The lowest BCUT2D eigenvalue weighted by Crippen LogP contribution is -2.34. The number of nitrogens with zero attached hydrogens (tertiary/aromatic N) is 2. The van der Waals surface area contributed by atoms with Crippen LogP contribution in [0.3, 0.4) is 0 Å². The lowest BCUT2D eigenvalue weighted by Gasteiger charge is -2.14. The molecule has 18 heavy (non-hydrogen) atoms. The van der Waals surface area contributed by atoms with E-state index in [4.69, 9.17) is 10.3 Å². The molecule has 0 fully saturated rings. The second kappa shape index (κ2) is 4.86. The molecule has 0 bridgehead atoms. The Bertz CT molecular complexity index is 531. The summed E-state index contributed by atoms with van der Waals surface area (Å²) in [6.45, 7) is 3.77. The molecule has 0 unspecified atom stereocenters. The third-order valence-corrected chi connectivity index (χ3v) is 2.42. The van der Waals surface area contributed by atoms with Crippen LogP contribution >= 0.6 is 0 Å². The highest BCUT2D eigenvalue weighted by molar-refractivity contribution is 5.20. The smallest absolute Gasteiger partial charge is 0.228 e. The van der Waals surface area contributed by atoms with Crippen molar-refractivity contribution in [3.05, 3.63) is 47.4 Å². The number of hydrogen-bond acceptors (Lipinski definition) is 4. The zero-order valence-electron chi connectivity index (χ0n) is 10.5. The maximum absolute atomic E-state index is 13.4. The standard InChI is InChI=1S/C13H16FN3O/c1-13(2,15)8-12-16-11(17-18-12)7-9-5-3-4-6-10(9)14/h3-6H,7-8,15H2,1-2H3. The SMILES string of the molecule is CC(C)(N)Cc1nc(Cc2ccccc2F)no1. The maximum Gasteiger partial charge on any atom is 0.228 e. The third kappa shape index (κ3) is 3.37. The molecule has 2 rings (SSSR count). The van der Waals surface area contributed by atoms with Crippen molar-refractivity contribution in [3.63, 3.8) is 0 Å². The van der Waals surface area contributed by atoms with Gasteiger partial charge in [0.05, 0.1) is 0 Å². The van der Waals surface area contributed by atoms with Gasteiger partial charge in [-0.3, -0.25) is 0 Å². The van der Waals surface area contributed by atoms with Gasteiger partial charge in [-0.1, -0.05) is 23.4 Å². The zero-order chi connectivity index (χ0) is 13.2. The second-order valence-corrected chi connectivity index (χ2v) is 5.04. The average molecular weight is 249 g/mol. The number of benzene rings is 1. The third-order valence-electron chi connectivity index (χ3n) is 2.42. The van der Waals surface area contributed by atoms with Crippen LogP contribution in [0.2, 0.25) is 0 Å². The highest BCUT2D eigenvalue weighted by Gasteiger charge is 2.17. The molecule has 5 heteroatoms. The molecule has 0 saturated heterocycles. The van der Waals surface area contributed by atoms with Crippen LogP contribution in [0.1, 0.15) is 31.1 Å². The van der Waals surface area contributed by atoms with Crippen LogP contribution in [0.15, 0.2) is 28.8 Å². The van der Waals surface area contributed by atoms with Gasteiger partial charge in [0.2, 0.25) is 5.89 Å². The Morgan fingerprint density at radius 3 is 2.72 bits per heavy atom. The van der Waals surface area contributed by atoms with Crippen molar-refractivity contribution in [2.45, 2.75) is 32.2 Å².